The lowest BCUT2D eigenvalue weighted by Gasteiger charge is -2.20. The van der Waals surface area contributed by atoms with Gasteiger partial charge in [-0.05, 0) is 30.9 Å². The van der Waals surface area contributed by atoms with E-state index in [1.54, 1.807) is 12.1 Å². The van der Waals surface area contributed by atoms with Gasteiger partial charge in [-0.25, -0.2) is 13.4 Å². The van der Waals surface area contributed by atoms with Crippen molar-refractivity contribution in [2.45, 2.75) is 51.5 Å². The molecule has 1 aliphatic carbocycles. The number of amides is 1. The predicted molar refractivity (Wildman–Crippen MR) is 120 cm³/mol. The molecule has 31 heavy (non-hydrogen) atoms. The minimum absolute atomic E-state index is 0.0147. The van der Waals surface area contributed by atoms with Crippen LogP contribution >= 0.6 is 0 Å². The van der Waals surface area contributed by atoms with Gasteiger partial charge in [0.1, 0.15) is 17.1 Å². The highest BCUT2D eigenvalue weighted by atomic mass is 32.2. The molecule has 1 aromatic carbocycles. The zero-order chi connectivity index (χ0) is 22.4. The first-order chi connectivity index (χ1) is 14.7. The second kappa shape index (κ2) is 10.0. The van der Waals surface area contributed by atoms with E-state index in [9.17, 15) is 13.2 Å². The molecular formula is C23H29N3O4S. The van der Waals surface area contributed by atoms with Gasteiger partial charge in [0.05, 0.1) is 6.04 Å². The molecule has 1 aliphatic rings. The molecular weight excluding hydrogens is 414 g/mol. The average Bonchev–Trinajstić information content (AvgIpc) is 3.25. The largest absolute Gasteiger partial charge is 0.438 e. The van der Waals surface area contributed by atoms with Gasteiger partial charge in [-0.15, -0.1) is 0 Å². The lowest BCUT2D eigenvalue weighted by Crippen LogP contribution is -2.37. The van der Waals surface area contributed by atoms with Crippen LogP contribution in [-0.2, 0) is 9.84 Å². The van der Waals surface area contributed by atoms with Crippen molar-refractivity contribution in [1.82, 2.24) is 15.3 Å². The van der Waals surface area contributed by atoms with E-state index in [0.717, 1.165) is 37.3 Å². The number of benzene rings is 1. The van der Waals surface area contributed by atoms with Crippen LogP contribution in [0.25, 0.3) is 0 Å². The number of ether oxygens (including phenoxy) is 1. The summed E-state index contributed by atoms with van der Waals surface area (Å²) in [6, 6.07) is 8.69. The van der Waals surface area contributed by atoms with Crippen LogP contribution in [0.2, 0.25) is 0 Å². The third-order valence-electron chi connectivity index (χ3n) is 5.24. The standard InChI is InChI=1S/C23H29N3O4S/c1-16(2)20(13-14-31(3,28)29)25-22(27)19-15-24-21(17-9-7-8-10-17)26-23(19)30-18-11-5-4-6-12-18/h4-6,11-17,20H,7-10H2,1-3H3,(H,25,27)/b14-13+/t20-/m1/s1. The van der Waals surface area contributed by atoms with E-state index in [4.69, 9.17) is 4.74 Å². The molecule has 7 nitrogen and oxygen atoms in total. The first-order valence-electron chi connectivity index (χ1n) is 10.5. The van der Waals surface area contributed by atoms with Gasteiger partial charge in [-0.2, -0.15) is 4.98 Å². The number of sulfone groups is 1. The van der Waals surface area contributed by atoms with E-state index in [2.05, 4.69) is 15.3 Å². The van der Waals surface area contributed by atoms with Gasteiger partial charge < -0.3 is 10.1 Å². The number of aromatic nitrogens is 2. The van der Waals surface area contributed by atoms with Crippen LogP contribution in [0.5, 0.6) is 11.6 Å². The first kappa shape index (κ1) is 22.9. The fourth-order valence-electron chi connectivity index (χ4n) is 3.49. The summed E-state index contributed by atoms with van der Waals surface area (Å²) in [5.41, 5.74) is 0.212. The zero-order valence-corrected chi connectivity index (χ0v) is 18.9. The number of carbonyl (C=O) groups excluding carboxylic acids is 1. The van der Waals surface area contributed by atoms with Crippen LogP contribution in [-0.4, -0.2) is 36.6 Å². The summed E-state index contributed by atoms with van der Waals surface area (Å²) in [6.07, 6.45) is 8.46. The summed E-state index contributed by atoms with van der Waals surface area (Å²) in [6.45, 7) is 3.80. The summed E-state index contributed by atoms with van der Waals surface area (Å²) >= 11 is 0. The summed E-state index contributed by atoms with van der Waals surface area (Å²) in [7, 11) is -3.30. The maximum atomic E-state index is 13.1. The Hall–Kier alpha value is -2.74. The molecule has 0 bridgehead atoms. The molecule has 0 spiro atoms. The Balaban J connectivity index is 1.90. The van der Waals surface area contributed by atoms with Crippen LogP contribution in [0.4, 0.5) is 0 Å². The highest BCUT2D eigenvalue weighted by molar-refractivity contribution is 7.93. The van der Waals surface area contributed by atoms with Gasteiger partial charge in [0.25, 0.3) is 5.91 Å². The molecule has 1 amide bonds. The van der Waals surface area contributed by atoms with Crippen molar-refractivity contribution in [3.8, 4) is 11.6 Å². The lowest BCUT2D eigenvalue weighted by molar-refractivity contribution is 0.0932. The number of carbonyl (C=O) groups is 1. The van der Waals surface area contributed by atoms with Gasteiger partial charge in [-0.1, -0.05) is 51.0 Å². The first-order valence-corrected chi connectivity index (χ1v) is 12.5. The fraction of sp³-hybridized carbons (Fsp3) is 0.435. The number of nitrogens with one attached hydrogen (secondary N) is 1. The van der Waals surface area contributed by atoms with E-state index >= 15 is 0 Å². The van der Waals surface area contributed by atoms with Crippen molar-refractivity contribution in [2.75, 3.05) is 6.26 Å². The normalized spacial score (nSPS) is 16.0. The maximum Gasteiger partial charge on any atom is 0.258 e. The molecule has 166 valence electrons. The van der Waals surface area contributed by atoms with Crippen molar-refractivity contribution in [3.05, 3.63) is 59.4 Å². The van der Waals surface area contributed by atoms with Crippen LogP contribution < -0.4 is 10.1 Å². The summed E-state index contributed by atoms with van der Waals surface area (Å²) < 4.78 is 29.0. The highest BCUT2D eigenvalue weighted by Crippen LogP contribution is 2.34. The number of hydrogen-bond acceptors (Lipinski definition) is 6. The summed E-state index contributed by atoms with van der Waals surface area (Å²) in [5, 5.41) is 3.98. The summed E-state index contributed by atoms with van der Waals surface area (Å²) in [4.78, 5) is 22.1. The molecule has 1 saturated carbocycles. The minimum atomic E-state index is -3.30. The van der Waals surface area contributed by atoms with Crippen molar-refractivity contribution in [2.24, 2.45) is 5.92 Å². The second-order valence-corrected chi connectivity index (χ2v) is 10.2. The Morgan fingerprint density at radius 3 is 2.48 bits per heavy atom. The molecule has 1 heterocycles. The molecule has 8 heteroatoms. The Kier molecular flexibility index (Phi) is 7.43. The minimum Gasteiger partial charge on any atom is -0.438 e. The molecule has 1 fully saturated rings. The molecule has 3 rings (SSSR count). The molecule has 1 atom stereocenters. The number of rotatable bonds is 8. The smallest absolute Gasteiger partial charge is 0.258 e. The third kappa shape index (κ3) is 6.62. The molecule has 0 unspecified atom stereocenters. The van der Waals surface area contributed by atoms with Crippen LogP contribution in [0.1, 0.15) is 61.6 Å². The van der Waals surface area contributed by atoms with Gasteiger partial charge in [-0.3, -0.25) is 4.79 Å². The van der Waals surface area contributed by atoms with E-state index in [1.165, 1.54) is 12.3 Å². The molecule has 1 aromatic heterocycles. The molecule has 2 aromatic rings. The van der Waals surface area contributed by atoms with E-state index < -0.39 is 21.8 Å². The van der Waals surface area contributed by atoms with E-state index in [1.807, 2.05) is 32.0 Å². The van der Waals surface area contributed by atoms with E-state index in [-0.39, 0.29) is 23.3 Å². The van der Waals surface area contributed by atoms with E-state index in [0.29, 0.717) is 11.6 Å². The quantitative estimate of drug-likeness (QED) is 0.655. The Labute approximate surface area is 183 Å². The van der Waals surface area contributed by atoms with Gasteiger partial charge in [0.15, 0.2) is 9.84 Å². The lowest BCUT2D eigenvalue weighted by atomic mass is 10.0. The number of hydrogen-bond donors (Lipinski definition) is 1. The topological polar surface area (TPSA) is 98.2 Å². The number of para-hydroxylation sites is 1. The van der Waals surface area contributed by atoms with Crippen LogP contribution in [0, 0.1) is 5.92 Å². The number of nitrogens with zero attached hydrogens (tertiary/aromatic N) is 2. The van der Waals surface area contributed by atoms with Crippen molar-refractivity contribution < 1.29 is 17.9 Å². The molecule has 0 saturated heterocycles. The highest BCUT2D eigenvalue weighted by Gasteiger charge is 2.25. The Morgan fingerprint density at radius 2 is 1.87 bits per heavy atom. The third-order valence-corrected chi connectivity index (χ3v) is 5.90. The zero-order valence-electron chi connectivity index (χ0n) is 18.1. The predicted octanol–water partition coefficient (Wildman–Crippen LogP) is 4.24. The average molecular weight is 444 g/mol. The molecule has 1 N–H and O–H groups in total. The second-order valence-electron chi connectivity index (χ2n) is 8.24. The maximum absolute atomic E-state index is 13.1. The molecule has 0 radical (unpaired) electrons. The monoisotopic (exact) mass is 443 g/mol. The van der Waals surface area contributed by atoms with Crippen molar-refractivity contribution in [3.63, 3.8) is 0 Å². The summed E-state index contributed by atoms with van der Waals surface area (Å²) in [5.74, 6) is 1.31. The van der Waals surface area contributed by atoms with Gasteiger partial charge in [0.2, 0.25) is 5.88 Å². The van der Waals surface area contributed by atoms with Crippen LogP contribution in [0.3, 0.4) is 0 Å². The molecule has 0 aliphatic heterocycles. The van der Waals surface area contributed by atoms with Gasteiger partial charge in [0, 0.05) is 23.8 Å². The van der Waals surface area contributed by atoms with Crippen molar-refractivity contribution in [1.29, 1.82) is 0 Å². The Bertz CT molecular complexity index is 1030. The SMILES string of the molecule is CC(C)[C@@H](/C=C/S(C)(=O)=O)NC(=O)c1cnc(C2CCCC2)nc1Oc1ccccc1. The fourth-order valence-corrected chi connectivity index (χ4v) is 3.94. The van der Waals surface area contributed by atoms with Crippen LogP contribution in [0.15, 0.2) is 48.0 Å². The van der Waals surface area contributed by atoms with Gasteiger partial charge >= 0.3 is 0 Å². The van der Waals surface area contributed by atoms with Crippen molar-refractivity contribution >= 4 is 15.7 Å². The Morgan fingerprint density at radius 1 is 1.19 bits per heavy atom.